The Hall–Kier alpha value is -1.81. The summed E-state index contributed by atoms with van der Waals surface area (Å²) in [5.41, 5.74) is 8.45. The Balaban J connectivity index is 1.94. The van der Waals surface area contributed by atoms with Gasteiger partial charge in [-0.15, -0.1) is 0 Å². The monoisotopic (exact) mass is 362 g/mol. The van der Waals surface area contributed by atoms with Crippen molar-refractivity contribution in [2.75, 3.05) is 26.4 Å². The highest BCUT2D eigenvalue weighted by atomic mass is 31.0. The Kier molecular flexibility index (Phi) is 7.06. The van der Waals surface area contributed by atoms with Crippen molar-refractivity contribution in [1.29, 1.82) is 0 Å². The van der Waals surface area contributed by atoms with E-state index in [4.69, 9.17) is 15.0 Å². The van der Waals surface area contributed by atoms with Crippen LogP contribution < -0.4 is 15.0 Å². The molecule has 2 rings (SSSR count). The smallest absolute Gasteiger partial charge is 0.145 e. The highest BCUT2D eigenvalue weighted by Crippen LogP contribution is 2.27. The molecule has 3 unspecified atom stereocenters. The molecule has 0 spiro atoms. The van der Waals surface area contributed by atoms with E-state index in [1.165, 1.54) is 5.56 Å². The highest BCUT2D eigenvalue weighted by Gasteiger charge is 2.16. The maximum Gasteiger partial charge on any atom is 0.145 e. The average Bonchev–Trinajstić information content (AvgIpc) is 2.62. The largest absolute Gasteiger partial charge is 0.497 e. The van der Waals surface area contributed by atoms with Crippen molar-refractivity contribution in [1.82, 2.24) is 4.90 Å². The summed E-state index contributed by atoms with van der Waals surface area (Å²) in [5.74, 6) is 1.44. The number of ether oxygens (including phenoxy) is 1. The minimum Gasteiger partial charge on any atom is -0.497 e. The van der Waals surface area contributed by atoms with Crippen LogP contribution in [0.15, 0.2) is 42.5 Å². The second-order valence-corrected chi connectivity index (χ2v) is 6.51. The van der Waals surface area contributed by atoms with E-state index in [0.717, 1.165) is 17.7 Å². The first-order valence-electron chi connectivity index (χ1n) is 8.22. The third-order valence-corrected chi connectivity index (χ3v) is 4.70. The first kappa shape index (κ1) is 19.5. The third-order valence-electron chi connectivity index (χ3n) is 4.45. The Labute approximate surface area is 152 Å². The molecule has 0 aliphatic carbocycles. The van der Waals surface area contributed by atoms with E-state index in [-0.39, 0.29) is 6.04 Å². The zero-order chi connectivity index (χ0) is 18.4. The molecule has 0 bridgehead atoms. The molecule has 6 heteroatoms. The van der Waals surface area contributed by atoms with Crippen LogP contribution in [0.2, 0.25) is 0 Å². The van der Waals surface area contributed by atoms with E-state index >= 15 is 0 Å². The van der Waals surface area contributed by atoms with Crippen molar-refractivity contribution in [2.45, 2.75) is 25.5 Å². The third kappa shape index (κ3) is 5.33. The van der Waals surface area contributed by atoms with E-state index < -0.39 is 6.10 Å². The van der Waals surface area contributed by atoms with Gasteiger partial charge in [0.2, 0.25) is 0 Å². The fourth-order valence-electron chi connectivity index (χ4n) is 2.70. The molecule has 0 saturated carbocycles. The lowest BCUT2D eigenvalue weighted by Crippen LogP contribution is -2.34. The number of aliphatic hydroxyl groups is 1. The molecule has 0 aromatic heterocycles. The summed E-state index contributed by atoms with van der Waals surface area (Å²) in [6.45, 7) is 2.67. The summed E-state index contributed by atoms with van der Waals surface area (Å²) in [4.78, 5) is 2.14. The highest BCUT2D eigenvalue weighted by molar-refractivity contribution is 7.10. The SMILES string of the molecule is COc1ccc(CC(C)N(C)CC(O)c2ccc(OP)c(N)c2)cc1. The minimum atomic E-state index is -0.607. The van der Waals surface area contributed by atoms with Crippen LogP contribution in [0.25, 0.3) is 0 Å². The number of hydrogen-bond acceptors (Lipinski definition) is 5. The normalized spacial score (nSPS) is 13.5. The molecule has 0 aliphatic rings. The Bertz CT molecular complexity index is 679. The van der Waals surface area contributed by atoms with Gasteiger partial charge in [0.25, 0.3) is 0 Å². The molecular formula is C19H27N2O3P. The molecule has 25 heavy (non-hydrogen) atoms. The summed E-state index contributed by atoms with van der Waals surface area (Å²) >= 11 is 0. The molecule has 2 aromatic rings. The molecule has 0 saturated heterocycles. The van der Waals surface area contributed by atoms with Crippen LogP contribution in [0.4, 0.5) is 5.69 Å². The number of hydrogen-bond donors (Lipinski definition) is 2. The lowest BCUT2D eigenvalue weighted by atomic mass is 10.0. The van der Waals surface area contributed by atoms with E-state index in [0.29, 0.717) is 18.0 Å². The van der Waals surface area contributed by atoms with Gasteiger partial charge in [-0.1, -0.05) is 18.2 Å². The standard InChI is InChI=1S/C19H27N2O3P/c1-13(10-14-4-7-16(23-3)8-5-14)21(2)12-18(22)15-6-9-19(24-25)17(20)11-15/h4-9,11,13,18,22H,10,12,20,25H2,1-3H3. The molecule has 2 aromatic carbocycles. The molecule has 3 N–H and O–H groups in total. The van der Waals surface area contributed by atoms with Gasteiger partial charge >= 0.3 is 0 Å². The Morgan fingerprint density at radius 2 is 1.88 bits per heavy atom. The van der Waals surface area contributed by atoms with Crippen LogP contribution in [0, 0.1) is 0 Å². The fourth-order valence-corrected chi connectivity index (χ4v) is 2.91. The summed E-state index contributed by atoms with van der Waals surface area (Å²) in [6.07, 6.45) is 0.291. The van der Waals surface area contributed by atoms with Gasteiger partial charge in [0.15, 0.2) is 0 Å². The predicted molar refractivity (Wildman–Crippen MR) is 105 cm³/mol. The van der Waals surface area contributed by atoms with E-state index in [9.17, 15) is 5.11 Å². The van der Waals surface area contributed by atoms with Crippen molar-refractivity contribution >= 4 is 15.2 Å². The maximum absolute atomic E-state index is 10.5. The summed E-state index contributed by atoms with van der Waals surface area (Å²) in [7, 11) is 5.85. The van der Waals surface area contributed by atoms with Gasteiger partial charge in [0.1, 0.15) is 11.5 Å². The zero-order valence-electron chi connectivity index (χ0n) is 15.0. The lowest BCUT2D eigenvalue weighted by Gasteiger charge is -2.27. The fraction of sp³-hybridized carbons (Fsp3) is 0.368. The topological polar surface area (TPSA) is 68.0 Å². The van der Waals surface area contributed by atoms with E-state index in [1.807, 2.05) is 25.2 Å². The molecule has 0 heterocycles. The van der Waals surface area contributed by atoms with Crippen LogP contribution in [0.1, 0.15) is 24.2 Å². The lowest BCUT2D eigenvalue weighted by molar-refractivity contribution is 0.108. The van der Waals surface area contributed by atoms with E-state index in [2.05, 4.69) is 33.4 Å². The number of rotatable bonds is 8. The Morgan fingerprint density at radius 1 is 1.20 bits per heavy atom. The van der Waals surface area contributed by atoms with Crippen LogP contribution in [-0.4, -0.2) is 36.8 Å². The number of nitrogen functional groups attached to an aromatic ring is 1. The molecule has 3 atom stereocenters. The van der Waals surface area contributed by atoms with Gasteiger partial charge in [-0.05, 0) is 55.8 Å². The Morgan fingerprint density at radius 3 is 2.44 bits per heavy atom. The first-order chi connectivity index (χ1) is 11.9. The van der Waals surface area contributed by atoms with Gasteiger partial charge < -0.3 is 25.0 Å². The average molecular weight is 362 g/mol. The van der Waals surface area contributed by atoms with Crippen LogP contribution in [0.5, 0.6) is 11.5 Å². The van der Waals surface area contributed by atoms with Crippen molar-refractivity contribution in [3.8, 4) is 11.5 Å². The maximum atomic E-state index is 10.5. The number of anilines is 1. The summed E-state index contributed by atoms with van der Waals surface area (Å²) in [5, 5.41) is 10.5. The van der Waals surface area contributed by atoms with Gasteiger partial charge in [0.05, 0.1) is 28.4 Å². The molecule has 0 fully saturated rings. The number of nitrogens with zero attached hydrogens (tertiary/aromatic N) is 1. The second-order valence-electron chi connectivity index (χ2n) is 6.27. The number of nitrogens with two attached hydrogens (primary N) is 1. The van der Waals surface area contributed by atoms with Crippen LogP contribution in [-0.2, 0) is 6.42 Å². The molecule has 0 amide bonds. The van der Waals surface area contributed by atoms with Crippen LogP contribution in [0.3, 0.4) is 0 Å². The number of methoxy groups -OCH3 is 1. The zero-order valence-corrected chi connectivity index (χ0v) is 16.1. The summed E-state index contributed by atoms with van der Waals surface area (Å²) < 4.78 is 10.3. The van der Waals surface area contributed by atoms with E-state index in [1.54, 1.807) is 19.2 Å². The van der Waals surface area contributed by atoms with Crippen LogP contribution >= 0.6 is 9.47 Å². The number of aliphatic hydroxyl groups excluding tert-OH is 1. The van der Waals surface area contributed by atoms with Gasteiger partial charge in [0, 0.05) is 12.6 Å². The first-order valence-corrected chi connectivity index (χ1v) is 8.69. The number of benzene rings is 2. The number of likely N-dealkylation sites (N-methyl/N-ethyl adjacent to an activating group) is 1. The van der Waals surface area contributed by atoms with Crippen molar-refractivity contribution in [2.24, 2.45) is 0 Å². The quantitative estimate of drug-likeness (QED) is 0.558. The molecular weight excluding hydrogens is 335 g/mol. The molecule has 5 nitrogen and oxygen atoms in total. The minimum absolute atomic E-state index is 0.287. The van der Waals surface area contributed by atoms with Gasteiger partial charge in [-0.2, -0.15) is 0 Å². The predicted octanol–water partition coefficient (Wildman–Crippen LogP) is 3.04. The summed E-state index contributed by atoms with van der Waals surface area (Å²) in [6, 6.07) is 13.7. The second kappa shape index (κ2) is 9.04. The van der Waals surface area contributed by atoms with Crippen molar-refractivity contribution in [3.63, 3.8) is 0 Å². The van der Waals surface area contributed by atoms with Crippen molar-refractivity contribution in [3.05, 3.63) is 53.6 Å². The van der Waals surface area contributed by atoms with Crippen molar-refractivity contribution < 1.29 is 14.4 Å². The van der Waals surface area contributed by atoms with Gasteiger partial charge in [-0.3, -0.25) is 0 Å². The molecule has 0 aliphatic heterocycles. The molecule has 0 radical (unpaired) electrons. The van der Waals surface area contributed by atoms with Gasteiger partial charge in [-0.25, -0.2) is 0 Å². The molecule has 136 valence electrons.